The standard InChI is InChI=1S/C18H20BrNO6S/c1-12-5-8-17(24-3)13(9-12)11-26-18(21)15-10-14(6-7-16(15)19)27(22,23)20(2)25-4/h5-10H,11H2,1-4H3. The number of rotatable bonds is 7. The van der Waals surface area contributed by atoms with Crippen molar-refractivity contribution >= 4 is 31.9 Å². The molecule has 0 aliphatic heterocycles. The molecule has 0 saturated heterocycles. The molecular formula is C18H20BrNO6S. The van der Waals surface area contributed by atoms with Gasteiger partial charge in [0.2, 0.25) is 0 Å². The minimum atomic E-state index is -3.88. The molecule has 27 heavy (non-hydrogen) atoms. The van der Waals surface area contributed by atoms with Gasteiger partial charge in [-0.15, -0.1) is 0 Å². The SMILES string of the molecule is COc1ccc(C)cc1COC(=O)c1cc(S(=O)(=O)N(C)OC)ccc1Br. The van der Waals surface area contributed by atoms with Crippen LogP contribution in [0.2, 0.25) is 0 Å². The van der Waals surface area contributed by atoms with E-state index in [1.807, 2.05) is 19.1 Å². The molecular weight excluding hydrogens is 438 g/mol. The Kier molecular flexibility index (Phi) is 6.99. The zero-order valence-corrected chi connectivity index (χ0v) is 17.8. The number of nitrogens with zero attached hydrogens (tertiary/aromatic N) is 1. The lowest BCUT2D eigenvalue weighted by atomic mass is 10.1. The molecule has 0 atom stereocenters. The van der Waals surface area contributed by atoms with E-state index in [0.29, 0.717) is 20.3 Å². The fourth-order valence-electron chi connectivity index (χ4n) is 2.31. The van der Waals surface area contributed by atoms with Crippen molar-refractivity contribution in [2.75, 3.05) is 21.3 Å². The van der Waals surface area contributed by atoms with Gasteiger partial charge < -0.3 is 9.47 Å². The van der Waals surface area contributed by atoms with E-state index in [-0.39, 0.29) is 17.1 Å². The van der Waals surface area contributed by atoms with Gasteiger partial charge in [0.25, 0.3) is 10.0 Å². The minimum absolute atomic E-state index is 0.00885. The first-order valence-corrected chi connectivity index (χ1v) is 10.1. The quantitative estimate of drug-likeness (QED) is 0.468. The number of halogens is 1. The summed E-state index contributed by atoms with van der Waals surface area (Å²) in [5.74, 6) is -0.0620. The van der Waals surface area contributed by atoms with Crippen molar-refractivity contribution < 1.29 is 27.5 Å². The number of hydrogen-bond acceptors (Lipinski definition) is 6. The van der Waals surface area contributed by atoms with E-state index in [4.69, 9.17) is 14.3 Å². The smallest absolute Gasteiger partial charge is 0.339 e. The number of hydroxylamine groups is 1. The van der Waals surface area contributed by atoms with Crippen LogP contribution in [0.15, 0.2) is 45.8 Å². The average molecular weight is 458 g/mol. The van der Waals surface area contributed by atoms with Crippen LogP contribution in [-0.4, -0.2) is 40.1 Å². The van der Waals surface area contributed by atoms with Gasteiger partial charge in [-0.25, -0.2) is 13.2 Å². The molecule has 0 saturated carbocycles. The molecule has 0 amide bonds. The van der Waals surface area contributed by atoms with Gasteiger partial charge in [0.05, 0.1) is 24.7 Å². The van der Waals surface area contributed by atoms with Crippen LogP contribution < -0.4 is 4.74 Å². The number of hydrogen-bond donors (Lipinski definition) is 0. The molecule has 0 aliphatic carbocycles. The summed E-state index contributed by atoms with van der Waals surface area (Å²) in [7, 11) is 0.152. The zero-order chi connectivity index (χ0) is 20.2. The van der Waals surface area contributed by atoms with Crippen LogP contribution in [0.4, 0.5) is 0 Å². The Bertz CT molecular complexity index is 945. The maximum Gasteiger partial charge on any atom is 0.339 e. The lowest BCUT2D eigenvalue weighted by Crippen LogP contribution is -2.26. The third-order valence-electron chi connectivity index (χ3n) is 3.85. The second kappa shape index (κ2) is 8.83. The normalized spacial score (nSPS) is 11.5. The van der Waals surface area contributed by atoms with E-state index < -0.39 is 16.0 Å². The van der Waals surface area contributed by atoms with Crippen molar-refractivity contribution in [3.05, 3.63) is 57.6 Å². The first-order valence-electron chi connectivity index (χ1n) is 7.84. The number of esters is 1. The van der Waals surface area contributed by atoms with Crippen LogP contribution in [0.3, 0.4) is 0 Å². The van der Waals surface area contributed by atoms with Crippen LogP contribution in [0.1, 0.15) is 21.5 Å². The predicted octanol–water partition coefficient (Wildman–Crippen LogP) is 3.31. The molecule has 2 aromatic rings. The highest BCUT2D eigenvalue weighted by Crippen LogP contribution is 2.25. The Balaban J connectivity index is 2.27. The van der Waals surface area contributed by atoms with E-state index >= 15 is 0 Å². The Labute approximate surface area is 167 Å². The molecule has 2 rings (SSSR count). The third kappa shape index (κ3) is 4.86. The summed E-state index contributed by atoms with van der Waals surface area (Å²) in [6.45, 7) is 1.91. The lowest BCUT2D eigenvalue weighted by Gasteiger charge is -2.15. The summed E-state index contributed by atoms with van der Waals surface area (Å²) in [5.41, 5.74) is 1.80. The van der Waals surface area contributed by atoms with Crippen LogP contribution >= 0.6 is 15.9 Å². The number of sulfonamides is 1. The highest BCUT2D eigenvalue weighted by molar-refractivity contribution is 9.10. The Morgan fingerprint density at radius 1 is 1.15 bits per heavy atom. The van der Waals surface area contributed by atoms with E-state index in [2.05, 4.69) is 15.9 Å². The summed E-state index contributed by atoms with van der Waals surface area (Å²) in [4.78, 5) is 17.2. The largest absolute Gasteiger partial charge is 0.496 e. The molecule has 9 heteroatoms. The average Bonchev–Trinajstić information content (AvgIpc) is 2.65. The first kappa shape index (κ1) is 21.4. The molecule has 0 fully saturated rings. The van der Waals surface area contributed by atoms with Gasteiger partial charge in [-0.05, 0) is 53.2 Å². The van der Waals surface area contributed by atoms with Crippen LogP contribution in [0, 0.1) is 6.92 Å². The first-order chi connectivity index (χ1) is 12.7. The maximum absolute atomic E-state index is 12.5. The second-order valence-corrected chi connectivity index (χ2v) is 8.42. The number of benzene rings is 2. The fraction of sp³-hybridized carbons (Fsp3) is 0.278. The molecule has 0 N–H and O–H groups in total. The van der Waals surface area contributed by atoms with E-state index in [9.17, 15) is 13.2 Å². The minimum Gasteiger partial charge on any atom is -0.496 e. The van der Waals surface area contributed by atoms with E-state index in [1.54, 1.807) is 6.07 Å². The van der Waals surface area contributed by atoms with Crippen LogP contribution in [0.5, 0.6) is 5.75 Å². The summed E-state index contributed by atoms with van der Waals surface area (Å²) < 4.78 is 36.5. The molecule has 0 bridgehead atoms. The Morgan fingerprint density at radius 3 is 2.48 bits per heavy atom. The molecule has 0 aliphatic rings. The van der Waals surface area contributed by atoms with Crippen molar-refractivity contribution in [2.24, 2.45) is 0 Å². The van der Waals surface area contributed by atoms with E-state index in [0.717, 1.165) is 5.56 Å². The van der Waals surface area contributed by atoms with Gasteiger partial charge >= 0.3 is 5.97 Å². The second-order valence-electron chi connectivity index (χ2n) is 5.63. The fourth-order valence-corrected chi connectivity index (χ4v) is 3.72. The molecule has 2 aromatic carbocycles. The number of aryl methyl sites for hydroxylation is 1. The van der Waals surface area contributed by atoms with Crippen LogP contribution in [0.25, 0.3) is 0 Å². The maximum atomic E-state index is 12.5. The molecule has 7 nitrogen and oxygen atoms in total. The zero-order valence-electron chi connectivity index (χ0n) is 15.4. The third-order valence-corrected chi connectivity index (χ3v) is 6.21. The number of methoxy groups -OCH3 is 1. The highest BCUT2D eigenvalue weighted by Gasteiger charge is 2.24. The van der Waals surface area contributed by atoms with Crippen molar-refractivity contribution in [1.82, 2.24) is 4.47 Å². The van der Waals surface area contributed by atoms with Gasteiger partial charge in [0.15, 0.2) is 0 Å². The Morgan fingerprint density at radius 2 is 1.85 bits per heavy atom. The molecule has 0 unspecified atom stereocenters. The van der Waals surface area contributed by atoms with Crippen molar-refractivity contribution in [3.8, 4) is 5.75 Å². The molecule has 0 spiro atoms. The number of ether oxygens (including phenoxy) is 2. The number of carbonyl (C=O) groups excluding carboxylic acids is 1. The van der Waals surface area contributed by atoms with Gasteiger partial charge in [-0.1, -0.05) is 16.1 Å². The molecule has 0 aromatic heterocycles. The molecule has 146 valence electrons. The summed E-state index contributed by atoms with van der Waals surface area (Å²) in [6, 6.07) is 9.62. The summed E-state index contributed by atoms with van der Waals surface area (Å²) in [5, 5.41) is 0. The summed E-state index contributed by atoms with van der Waals surface area (Å²) >= 11 is 3.25. The van der Waals surface area contributed by atoms with Gasteiger partial charge in [0, 0.05) is 17.1 Å². The van der Waals surface area contributed by atoms with Gasteiger partial charge in [-0.3, -0.25) is 4.84 Å². The molecule has 0 heterocycles. The molecule has 0 radical (unpaired) electrons. The highest BCUT2D eigenvalue weighted by atomic mass is 79.9. The van der Waals surface area contributed by atoms with E-state index in [1.165, 1.54) is 39.5 Å². The predicted molar refractivity (Wildman–Crippen MR) is 103 cm³/mol. The van der Waals surface area contributed by atoms with Gasteiger partial charge in [-0.2, -0.15) is 0 Å². The van der Waals surface area contributed by atoms with Gasteiger partial charge in [0.1, 0.15) is 12.4 Å². The lowest BCUT2D eigenvalue weighted by molar-refractivity contribution is -0.0258. The van der Waals surface area contributed by atoms with Crippen molar-refractivity contribution in [2.45, 2.75) is 18.4 Å². The number of carbonyl (C=O) groups is 1. The topological polar surface area (TPSA) is 82.1 Å². The Hall–Kier alpha value is -1.94. The summed E-state index contributed by atoms with van der Waals surface area (Å²) in [6.07, 6.45) is 0. The van der Waals surface area contributed by atoms with Crippen molar-refractivity contribution in [1.29, 1.82) is 0 Å². The monoisotopic (exact) mass is 457 g/mol. The van der Waals surface area contributed by atoms with Crippen molar-refractivity contribution in [3.63, 3.8) is 0 Å². The van der Waals surface area contributed by atoms with Crippen LogP contribution in [-0.2, 0) is 26.2 Å².